The Morgan fingerprint density at radius 3 is 2.15 bits per heavy atom. The van der Waals surface area contributed by atoms with Gasteiger partial charge in [0.2, 0.25) is 0 Å². The van der Waals surface area contributed by atoms with Crippen molar-refractivity contribution in [2.24, 2.45) is 11.7 Å². The van der Waals surface area contributed by atoms with Crippen LogP contribution in [-0.4, -0.2) is 25.7 Å². The van der Waals surface area contributed by atoms with Crippen LogP contribution in [0.5, 0.6) is 0 Å². The number of likely N-dealkylation sites (tertiary alicyclic amines) is 1. The van der Waals surface area contributed by atoms with E-state index >= 15 is 0 Å². The van der Waals surface area contributed by atoms with Gasteiger partial charge in [0.25, 0.3) is 0 Å². The first-order valence-corrected chi connectivity index (χ1v) is 5.95. The van der Waals surface area contributed by atoms with Crippen LogP contribution in [0.15, 0.2) is 0 Å². The Labute approximate surface area is 81.5 Å². The summed E-state index contributed by atoms with van der Waals surface area (Å²) >= 11 is 0. The molecule has 0 amide bonds. The van der Waals surface area contributed by atoms with E-state index in [0.29, 0.717) is 0 Å². The van der Waals surface area contributed by atoms with E-state index in [9.17, 15) is 0 Å². The van der Waals surface area contributed by atoms with Crippen LogP contribution in [-0.2, 0) is 0 Å². The number of nitrogens with two attached hydrogens (primary N) is 1. The molecule has 0 aromatic carbocycles. The van der Waals surface area contributed by atoms with Gasteiger partial charge in [0.15, 0.2) is 0 Å². The predicted molar refractivity (Wildman–Crippen MR) is 54.7 cm³/mol. The zero-order valence-electron chi connectivity index (χ0n) is 8.60. The fourth-order valence-corrected chi connectivity index (χ4v) is 3.04. The third-order valence-electron chi connectivity index (χ3n) is 4.00. The first-order chi connectivity index (χ1) is 6.40. The van der Waals surface area contributed by atoms with Crippen LogP contribution >= 0.6 is 0 Å². The van der Waals surface area contributed by atoms with Crippen LogP contribution in [0.2, 0.25) is 0 Å². The Morgan fingerprint density at radius 1 is 1.00 bits per heavy atom. The quantitative estimate of drug-likeness (QED) is 0.629. The van der Waals surface area contributed by atoms with Crippen molar-refractivity contribution < 1.29 is 4.90 Å². The van der Waals surface area contributed by atoms with E-state index in [1.54, 1.807) is 0 Å². The van der Waals surface area contributed by atoms with Gasteiger partial charge in [-0.25, -0.2) is 0 Å². The SMILES string of the molecule is NCC1CCC([NH+]2CCCC2)CC1. The van der Waals surface area contributed by atoms with Crippen molar-refractivity contribution in [2.75, 3.05) is 19.6 Å². The Kier molecular flexibility index (Phi) is 3.23. The smallest absolute Gasteiger partial charge is 0.0874 e. The molecule has 2 nitrogen and oxygen atoms in total. The van der Waals surface area contributed by atoms with Crippen molar-refractivity contribution in [3.63, 3.8) is 0 Å². The second-order valence-electron chi connectivity index (χ2n) is 4.82. The van der Waals surface area contributed by atoms with Gasteiger partial charge in [0.05, 0.1) is 19.1 Å². The van der Waals surface area contributed by atoms with E-state index in [-0.39, 0.29) is 0 Å². The summed E-state index contributed by atoms with van der Waals surface area (Å²) in [4.78, 5) is 1.90. The Hall–Kier alpha value is -0.0800. The summed E-state index contributed by atoms with van der Waals surface area (Å²) in [6.45, 7) is 3.80. The highest BCUT2D eigenvalue weighted by molar-refractivity contribution is 4.73. The van der Waals surface area contributed by atoms with Crippen molar-refractivity contribution in [1.82, 2.24) is 0 Å². The average Bonchev–Trinajstić information content (AvgIpc) is 2.71. The van der Waals surface area contributed by atoms with Gasteiger partial charge in [-0.3, -0.25) is 0 Å². The van der Waals surface area contributed by atoms with Crippen molar-refractivity contribution in [3.05, 3.63) is 0 Å². The maximum Gasteiger partial charge on any atom is 0.0874 e. The van der Waals surface area contributed by atoms with Crippen LogP contribution in [0.4, 0.5) is 0 Å². The largest absolute Gasteiger partial charge is 0.333 e. The maximum atomic E-state index is 5.70. The van der Waals surface area contributed by atoms with Crippen molar-refractivity contribution in [2.45, 2.75) is 44.6 Å². The summed E-state index contributed by atoms with van der Waals surface area (Å²) in [7, 11) is 0. The molecule has 1 saturated heterocycles. The standard InChI is InChI=1S/C11H22N2/c12-9-10-3-5-11(6-4-10)13-7-1-2-8-13/h10-11H,1-9,12H2/p+1. The van der Waals surface area contributed by atoms with Gasteiger partial charge in [-0.2, -0.15) is 0 Å². The van der Waals surface area contributed by atoms with Gasteiger partial charge in [-0.15, -0.1) is 0 Å². The van der Waals surface area contributed by atoms with Crippen molar-refractivity contribution in [1.29, 1.82) is 0 Å². The zero-order valence-corrected chi connectivity index (χ0v) is 8.60. The molecule has 2 heteroatoms. The minimum atomic E-state index is 0.846. The molecular formula is C11H23N2+. The molecule has 2 aliphatic rings. The summed E-state index contributed by atoms with van der Waals surface area (Å²) in [6.07, 6.45) is 8.60. The fourth-order valence-electron chi connectivity index (χ4n) is 3.04. The van der Waals surface area contributed by atoms with Gasteiger partial charge in [-0.1, -0.05) is 0 Å². The summed E-state index contributed by atoms with van der Waals surface area (Å²) in [5.74, 6) is 0.846. The minimum Gasteiger partial charge on any atom is -0.333 e. The Bertz CT molecular complexity index is 144. The van der Waals surface area contributed by atoms with Gasteiger partial charge < -0.3 is 10.6 Å². The lowest BCUT2D eigenvalue weighted by molar-refractivity contribution is -0.915. The Balaban J connectivity index is 1.77. The van der Waals surface area contributed by atoms with E-state index in [1.165, 1.54) is 51.6 Å². The minimum absolute atomic E-state index is 0.846. The molecule has 0 bridgehead atoms. The van der Waals surface area contributed by atoms with Crippen LogP contribution in [0.3, 0.4) is 0 Å². The molecule has 2 rings (SSSR count). The van der Waals surface area contributed by atoms with E-state index < -0.39 is 0 Å². The lowest BCUT2D eigenvalue weighted by atomic mass is 9.85. The van der Waals surface area contributed by atoms with E-state index in [4.69, 9.17) is 5.73 Å². The number of hydrogen-bond acceptors (Lipinski definition) is 1. The molecule has 0 unspecified atom stereocenters. The summed E-state index contributed by atoms with van der Waals surface area (Å²) in [5, 5.41) is 0. The molecule has 0 atom stereocenters. The Morgan fingerprint density at radius 2 is 1.62 bits per heavy atom. The second kappa shape index (κ2) is 4.43. The highest BCUT2D eigenvalue weighted by Gasteiger charge is 2.29. The maximum absolute atomic E-state index is 5.70. The number of hydrogen-bond donors (Lipinski definition) is 2. The highest BCUT2D eigenvalue weighted by Crippen LogP contribution is 2.22. The van der Waals surface area contributed by atoms with Gasteiger partial charge >= 0.3 is 0 Å². The molecule has 1 aliphatic heterocycles. The van der Waals surface area contributed by atoms with Crippen LogP contribution in [0, 0.1) is 5.92 Å². The predicted octanol–water partition coefficient (Wildman–Crippen LogP) is 0.183. The number of nitrogens with one attached hydrogen (secondary N) is 1. The number of quaternary nitrogens is 1. The van der Waals surface area contributed by atoms with E-state index in [0.717, 1.165) is 18.5 Å². The van der Waals surface area contributed by atoms with Crippen LogP contribution < -0.4 is 10.6 Å². The molecular weight excluding hydrogens is 160 g/mol. The lowest BCUT2D eigenvalue weighted by Gasteiger charge is -2.31. The fraction of sp³-hybridized carbons (Fsp3) is 1.00. The number of rotatable bonds is 2. The van der Waals surface area contributed by atoms with Crippen molar-refractivity contribution >= 4 is 0 Å². The molecule has 1 aliphatic carbocycles. The molecule has 76 valence electrons. The average molecular weight is 183 g/mol. The molecule has 0 spiro atoms. The topological polar surface area (TPSA) is 30.5 Å². The monoisotopic (exact) mass is 183 g/mol. The lowest BCUT2D eigenvalue weighted by Crippen LogP contribution is -3.14. The molecule has 0 aromatic heterocycles. The van der Waals surface area contributed by atoms with Gasteiger partial charge in [0, 0.05) is 12.8 Å². The third-order valence-corrected chi connectivity index (χ3v) is 4.00. The molecule has 13 heavy (non-hydrogen) atoms. The molecule has 2 fully saturated rings. The molecule has 1 heterocycles. The molecule has 3 N–H and O–H groups in total. The summed E-state index contributed by atoms with van der Waals surface area (Å²) in [6, 6.07) is 0.991. The molecule has 0 aromatic rings. The summed E-state index contributed by atoms with van der Waals surface area (Å²) < 4.78 is 0. The molecule has 0 radical (unpaired) electrons. The zero-order chi connectivity index (χ0) is 9.10. The first-order valence-electron chi connectivity index (χ1n) is 5.95. The van der Waals surface area contributed by atoms with Crippen LogP contribution in [0.1, 0.15) is 38.5 Å². The normalized spacial score (nSPS) is 36.7. The van der Waals surface area contributed by atoms with Gasteiger partial charge in [-0.05, 0) is 38.1 Å². The first kappa shape index (κ1) is 9.47. The third kappa shape index (κ3) is 2.23. The second-order valence-corrected chi connectivity index (χ2v) is 4.82. The molecule has 1 saturated carbocycles. The highest BCUT2D eigenvalue weighted by atomic mass is 15.2. The van der Waals surface area contributed by atoms with E-state index in [1.807, 2.05) is 4.90 Å². The van der Waals surface area contributed by atoms with Gasteiger partial charge in [0.1, 0.15) is 0 Å². The summed E-state index contributed by atoms with van der Waals surface area (Å²) in [5.41, 5.74) is 5.70. The van der Waals surface area contributed by atoms with E-state index in [2.05, 4.69) is 0 Å². The van der Waals surface area contributed by atoms with Crippen LogP contribution in [0.25, 0.3) is 0 Å². The van der Waals surface area contributed by atoms with Crippen molar-refractivity contribution in [3.8, 4) is 0 Å².